The van der Waals surface area contributed by atoms with Gasteiger partial charge in [-0.05, 0) is 31.6 Å². The van der Waals surface area contributed by atoms with Crippen LogP contribution in [0, 0.1) is 11.3 Å². The summed E-state index contributed by atoms with van der Waals surface area (Å²) >= 11 is 6.44. The van der Waals surface area contributed by atoms with Crippen molar-refractivity contribution in [3.05, 3.63) is 0 Å². The Kier molecular flexibility index (Phi) is 3.91. The Labute approximate surface area is 94.4 Å². The molecule has 0 nitrogen and oxygen atoms in total. The topological polar surface area (TPSA) is 0 Å². The molecule has 0 N–H and O–H groups in total. The van der Waals surface area contributed by atoms with Crippen LogP contribution in [0.4, 0.5) is 0 Å². The molecule has 0 unspecified atom stereocenters. The van der Waals surface area contributed by atoms with Gasteiger partial charge in [0.2, 0.25) is 0 Å². The van der Waals surface area contributed by atoms with Crippen LogP contribution in [-0.2, 0) is 0 Å². The Morgan fingerprint density at radius 2 is 1.50 bits per heavy atom. The van der Waals surface area contributed by atoms with E-state index in [1.54, 1.807) is 0 Å². The zero-order chi connectivity index (χ0) is 10.8. The highest BCUT2D eigenvalue weighted by atomic mass is 35.5. The van der Waals surface area contributed by atoms with Crippen molar-refractivity contribution in [2.75, 3.05) is 0 Å². The van der Waals surface area contributed by atoms with Gasteiger partial charge in [0.25, 0.3) is 0 Å². The molecule has 0 atom stereocenters. The molecule has 14 heavy (non-hydrogen) atoms. The average molecular weight is 217 g/mol. The Hall–Kier alpha value is 0.290. The van der Waals surface area contributed by atoms with Crippen molar-refractivity contribution in [3.8, 4) is 0 Å². The summed E-state index contributed by atoms with van der Waals surface area (Å²) in [6, 6.07) is 0. The molecule has 0 aromatic carbocycles. The van der Waals surface area contributed by atoms with Crippen molar-refractivity contribution in [2.45, 2.75) is 71.1 Å². The first-order valence-electron chi connectivity index (χ1n) is 6.02. The molecule has 0 aromatic heterocycles. The normalized spacial score (nSPS) is 21.2. The lowest BCUT2D eigenvalue weighted by molar-refractivity contribution is 0.180. The van der Waals surface area contributed by atoms with Crippen molar-refractivity contribution in [1.29, 1.82) is 0 Å². The van der Waals surface area contributed by atoms with Crippen LogP contribution in [0.2, 0.25) is 0 Å². The van der Waals surface area contributed by atoms with Gasteiger partial charge in [0.15, 0.2) is 0 Å². The number of hydrogen-bond acceptors (Lipinski definition) is 0. The van der Waals surface area contributed by atoms with E-state index in [1.807, 2.05) is 0 Å². The van der Waals surface area contributed by atoms with Gasteiger partial charge in [0, 0.05) is 4.87 Å². The number of alkyl halides is 1. The van der Waals surface area contributed by atoms with Crippen LogP contribution in [-0.4, -0.2) is 4.87 Å². The van der Waals surface area contributed by atoms with Gasteiger partial charge >= 0.3 is 0 Å². The van der Waals surface area contributed by atoms with Crippen molar-refractivity contribution >= 4 is 11.6 Å². The van der Waals surface area contributed by atoms with Crippen molar-refractivity contribution in [1.82, 2.24) is 0 Å². The smallest absolute Gasteiger partial charge is 0.0441 e. The SMILES string of the molecule is CC(C)(Cl)C(C)(C)CC1CCCCC1. The summed E-state index contributed by atoms with van der Waals surface area (Å²) in [5, 5.41) is 0. The van der Waals surface area contributed by atoms with Crippen LogP contribution < -0.4 is 0 Å². The van der Waals surface area contributed by atoms with Crippen molar-refractivity contribution in [2.24, 2.45) is 11.3 Å². The monoisotopic (exact) mass is 216 g/mol. The first-order chi connectivity index (χ1) is 6.33. The zero-order valence-electron chi connectivity index (χ0n) is 10.2. The highest BCUT2D eigenvalue weighted by molar-refractivity contribution is 6.23. The van der Waals surface area contributed by atoms with Crippen LogP contribution >= 0.6 is 11.6 Å². The third kappa shape index (κ3) is 3.15. The fraction of sp³-hybridized carbons (Fsp3) is 1.00. The average Bonchev–Trinajstić information content (AvgIpc) is 2.03. The molecule has 1 rings (SSSR count). The molecule has 0 aliphatic heterocycles. The maximum atomic E-state index is 6.44. The molecule has 1 aliphatic rings. The van der Waals surface area contributed by atoms with Gasteiger partial charge in [-0.15, -0.1) is 11.6 Å². The van der Waals surface area contributed by atoms with E-state index in [9.17, 15) is 0 Å². The molecule has 0 spiro atoms. The summed E-state index contributed by atoms with van der Waals surface area (Å²) < 4.78 is 0. The second-order valence-corrected chi connectivity index (χ2v) is 7.01. The van der Waals surface area contributed by atoms with E-state index >= 15 is 0 Å². The maximum Gasteiger partial charge on any atom is 0.0441 e. The lowest BCUT2D eigenvalue weighted by atomic mass is 9.70. The standard InChI is InChI=1S/C13H25Cl/c1-12(2,13(3,4)14)10-11-8-6-5-7-9-11/h11H,5-10H2,1-4H3. The van der Waals surface area contributed by atoms with E-state index in [0.29, 0.717) is 0 Å². The predicted octanol–water partition coefficient (Wildman–Crippen LogP) is 5.00. The molecule has 1 aliphatic carbocycles. The summed E-state index contributed by atoms with van der Waals surface area (Å²) in [6.07, 6.45) is 8.46. The van der Waals surface area contributed by atoms with E-state index < -0.39 is 0 Å². The van der Waals surface area contributed by atoms with Crippen LogP contribution in [0.5, 0.6) is 0 Å². The van der Waals surface area contributed by atoms with Gasteiger partial charge in [-0.25, -0.2) is 0 Å². The molecule has 0 radical (unpaired) electrons. The number of rotatable bonds is 3. The molecule has 0 bridgehead atoms. The number of halogens is 1. The van der Waals surface area contributed by atoms with Crippen LogP contribution in [0.3, 0.4) is 0 Å². The first kappa shape index (κ1) is 12.4. The zero-order valence-corrected chi connectivity index (χ0v) is 11.0. The molecule has 0 aromatic rings. The van der Waals surface area contributed by atoms with Crippen LogP contribution in [0.15, 0.2) is 0 Å². The fourth-order valence-corrected chi connectivity index (χ4v) is 2.43. The van der Waals surface area contributed by atoms with Gasteiger partial charge < -0.3 is 0 Å². The molecule has 1 saturated carbocycles. The molecule has 84 valence electrons. The van der Waals surface area contributed by atoms with Gasteiger partial charge in [0.1, 0.15) is 0 Å². The Bertz CT molecular complexity index is 170. The third-order valence-electron chi connectivity index (χ3n) is 4.13. The quantitative estimate of drug-likeness (QED) is 0.583. The van der Waals surface area contributed by atoms with E-state index in [1.165, 1.54) is 38.5 Å². The summed E-state index contributed by atoms with van der Waals surface area (Å²) in [6.45, 7) is 8.93. The van der Waals surface area contributed by atoms with Gasteiger partial charge in [-0.3, -0.25) is 0 Å². The lowest BCUT2D eigenvalue weighted by Crippen LogP contribution is -2.35. The Morgan fingerprint density at radius 3 is 1.93 bits per heavy atom. The minimum absolute atomic E-state index is 0.0789. The second-order valence-electron chi connectivity index (χ2n) is 6.06. The highest BCUT2D eigenvalue weighted by Gasteiger charge is 2.37. The summed E-state index contributed by atoms with van der Waals surface area (Å²) in [7, 11) is 0. The van der Waals surface area contributed by atoms with E-state index in [-0.39, 0.29) is 10.3 Å². The van der Waals surface area contributed by atoms with E-state index in [4.69, 9.17) is 11.6 Å². The molecule has 1 heteroatoms. The molecule has 1 fully saturated rings. The largest absolute Gasteiger partial charge is 0.119 e. The van der Waals surface area contributed by atoms with Crippen molar-refractivity contribution in [3.63, 3.8) is 0 Å². The van der Waals surface area contributed by atoms with Gasteiger partial charge in [-0.2, -0.15) is 0 Å². The highest BCUT2D eigenvalue weighted by Crippen LogP contribution is 2.44. The van der Waals surface area contributed by atoms with E-state index in [2.05, 4.69) is 27.7 Å². The molecule has 0 saturated heterocycles. The molecule has 0 heterocycles. The predicted molar refractivity (Wildman–Crippen MR) is 64.9 cm³/mol. The van der Waals surface area contributed by atoms with Gasteiger partial charge in [-0.1, -0.05) is 46.0 Å². The number of hydrogen-bond donors (Lipinski definition) is 0. The molecular formula is C13H25Cl. The fourth-order valence-electron chi connectivity index (χ4n) is 2.36. The molecular weight excluding hydrogens is 192 g/mol. The minimum atomic E-state index is -0.0789. The first-order valence-corrected chi connectivity index (χ1v) is 6.40. The van der Waals surface area contributed by atoms with Crippen LogP contribution in [0.1, 0.15) is 66.2 Å². The minimum Gasteiger partial charge on any atom is -0.119 e. The van der Waals surface area contributed by atoms with E-state index in [0.717, 1.165) is 5.92 Å². The summed E-state index contributed by atoms with van der Waals surface area (Å²) in [4.78, 5) is -0.0789. The van der Waals surface area contributed by atoms with Gasteiger partial charge in [0.05, 0.1) is 0 Å². The lowest BCUT2D eigenvalue weighted by Gasteiger charge is -2.40. The molecule has 0 amide bonds. The maximum absolute atomic E-state index is 6.44. The van der Waals surface area contributed by atoms with Crippen molar-refractivity contribution < 1.29 is 0 Å². The van der Waals surface area contributed by atoms with Crippen LogP contribution in [0.25, 0.3) is 0 Å². The summed E-state index contributed by atoms with van der Waals surface area (Å²) in [5.74, 6) is 0.928. The third-order valence-corrected chi connectivity index (χ3v) is 4.64. The Morgan fingerprint density at radius 1 is 1.00 bits per heavy atom. The summed E-state index contributed by atoms with van der Waals surface area (Å²) in [5.41, 5.74) is 0.260. The second kappa shape index (κ2) is 4.43. The Balaban J connectivity index is 2.49.